The maximum atomic E-state index is 12.4. The van der Waals surface area contributed by atoms with Crippen molar-refractivity contribution in [2.24, 2.45) is 0 Å². The first-order valence-corrected chi connectivity index (χ1v) is 9.65. The summed E-state index contributed by atoms with van der Waals surface area (Å²) in [5.74, 6) is -0.727. The number of rotatable bonds is 7. The first-order chi connectivity index (χ1) is 14.3. The van der Waals surface area contributed by atoms with E-state index in [-0.39, 0.29) is 30.3 Å². The molecule has 0 saturated carbocycles. The number of hydrogen-bond acceptors (Lipinski definition) is 6. The van der Waals surface area contributed by atoms with E-state index in [2.05, 4.69) is 36.9 Å². The number of amides is 2. The van der Waals surface area contributed by atoms with Crippen LogP contribution in [0.4, 0.5) is 11.4 Å². The van der Waals surface area contributed by atoms with E-state index in [9.17, 15) is 19.7 Å². The standard InChI is InChI=1S/C19H17BrN6O4/c1-12-18(23-24-25(12)15-3-2-4-16(11-15)26(29)30)19(28)21-10-9-17(27)22-14-7-5-13(20)6-8-14/h2-8,11H,9-10H2,1H3,(H,21,28)(H,22,27). The molecule has 2 N–H and O–H groups in total. The zero-order valence-electron chi connectivity index (χ0n) is 15.8. The molecule has 0 atom stereocenters. The predicted molar refractivity (Wildman–Crippen MR) is 112 cm³/mol. The molecule has 0 saturated heterocycles. The van der Waals surface area contributed by atoms with E-state index in [0.717, 1.165) is 4.47 Å². The molecule has 3 aromatic rings. The van der Waals surface area contributed by atoms with Crippen molar-refractivity contribution in [3.05, 3.63) is 74.5 Å². The van der Waals surface area contributed by atoms with Gasteiger partial charge in [-0.2, -0.15) is 0 Å². The maximum Gasteiger partial charge on any atom is 0.273 e. The minimum atomic E-state index is -0.511. The molecule has 0 fully saturated rings. The number of benzene rings is 2. The van der Waals surface area contributed by atoms with E-state index in [0.29, 0.717) is 17.1 Å². The number of nitrogens with one attached hydrogen (secondary N) is 2. The average Bonchev–Trinajstić information content (AvgIpc) is 3.11. The first kappa shape index (κ1) is 21.1. The summed E-state index contributed by atoms with van der Waals surface area (Å²) in [5.41, 5.74) is 1.49. The van der Waals surface area contributed by atoms with Crippen LogP contribution in [0.2, 0.25) is 0 Å². The van der Waals surface area contributed by atoms with Crippen LogP contribution >= 0.6 is 15.9 Å². The van der Waals surface area contributed by atoms with Gasteiger partial charge in [0.1, 0.15) is 0 Å². The van der Waals surface area contributed by atoms with E-state index < -0.39 is 10.8 Å². The molecular formula is C19H17BrN6O4. The lowest BCUT2D eigenvalue weighted by Crippen LogP contribution is -2.28. The lowest BCUT2D eigenvalue weighted by Gasteiger charge is -2.07. The number of carbonyl (C=O) groups excluding carboxylic acids is 2. The van der Waals surface area contributed by atoms with Crippen LogP contribution in [0.3, 0.4) is 0 Å². The summed E-state index contributed by atoms with van der Waals surface area (Å²) >= 11 is 3.32. The third kappa shape index (κ3) is 5.06. The number of nitro benzene ring substituents is 1. The highest BCUT2D eigenvalue weighted by Gasteiger charge is 2.18. The van der Waals surface area contributed by atoms with Gasteiger partial charge in [0.2, 0.25) is 5.91 Å². The van der Waals surface area contributed by atoms with E-state index >= 15 is 0 Å². The third-order valence-corrected chi connectivity index (χ3v) is 4.69. The summed E-state index contributed by atoms with van der Waals surface area (Å²) in [6, 6.07) is 13.0. The highest BCUT2D eigenvalue weighted by atomic mass is 79.9. The van der Waals surface area contributed by atoms with Gasteiger partial charge in [-0.25, -0.2) is 4.68 Å². The van der Waals surface area contributed by atoms with Gasteiger partial charge in [-0.3, -0.25) is 19.7 Å². The van der Waals surface area contributed by atoms with Crippen LogP contribution < -0.4 is 10.6 Å². The number of hydrogen-bond donors (Lipinski definition) is 2. The van der Waals surface area contributed by atoms with E-state index in [1.54, 1.807) is 25.1 Å². The molecule has 10 nitrogen and oxygen atoms in total. The Labute approximate surface area is 179 Å². The Morgan fingerprint density at radius 1 is 1.20 bits per heavy atom. The number of nitro groups is 1. The topological polar surface area (TPSA) is 132 Å². The summed E-state index contributed by atoms with van der Waals surface area (Å²) < 4.78 is 2.25. The molecule has 0 aliphatic carbocycles. The Kier molecular flexibility index (Phi) is 6.52. The third-order valence-electron chi connectivity index (χ3n) is 4.16. The quantitative estimate of drug-likeness (QED) is 0.401. The van der Waals surface area contributed by atoms with Crippen molar-refractivity contribution < 1.29 is 14.5 Å². The normalized spacial score (nSPS) is 10.5. The van der Waals surface area contributed by atoms with Gasteiger partial charge in [-0.1, -0.05) is 27.2 Å². The van der Waals surface area contributed by atoms with Crippen molar-refractivity contribution in [2.75, 3.05) is 11.9 Å². The Balaban J connectivity index is 1.58. The summed E-state index contributed by atoms with van der Waals surface area (Å²) in [4.78, 5) is 34.8. The summed E-state index contributed by atoms with van der Waals surface area (Å²) in [7, 11) is 0. The van der Waals surface area contributed by atoms with E-state index in [1.165, 1.54) is 22.9 Å². The molecule has 30 heavy (non-hydrogen) atoms. The Morgan fingerprint density at radius 2 is 1.93 bits per heavy atom. The van der Waals surface area contributed by atoms with Gasteiger partial charge in [0.15, 0.2) is 5.69 Å². The number of non-ortho nitro benzene ring substituents is 1. The SMILES string of the molecule is Cc1c(C(=O)NCCC(=O)Nc2ccc(Br)cc2)nnn1-c1cccc([N+](=O)[O-])c1. The molecule has 0 unspecified atom stereocenters. The molecule has 11 heteroatoms. The van der Waals surface area contributed by atoms with E-state index in [1.807, 2.05) is 12.1 Å². The van der Waals surface area contributed by atoms with Gasteiger partial charge in [-0.05, 0) is 37.3 Å². The summed E-state index contributed by atoms with van der Waals surface area (Å²) in [6.45, 7) is 1.75. The highest BCUT2D eigenvalue weighted by molar-refractivity contribution is 9.10. The minimum absolute atomic E-state index is 0.0785. The Morgan fingerprint density at radius 3 is 2.63 bits per heavy atom. The predicted octanol–water partition coefficient (Wildman–Crippen LogP) is 3.01. The van der Waals surface area contributed by atoms with Crippen molar-refractivity contribution in [1.29, 1.82) is 0 Å². The number of carbonyl (C=O) groups is 2. The zero-order chi connectivity index (χ0) is 21.7. The van der Waals surface area contributed by atoms with Crippen molar-refractivity contribution in [3.8, 4) is 5.69 Å². The lowest BCUT2D eigenvalue weighted by atomic mass is 10.2. The number of anilines is 1. The largest absolute Gasteiger partial charge is 0.350 e. The van der Waals surface area contributed by atoms with Gasteiger partial charge in [0, 0.05) is 35.3 Å². The molecule has 2 aromatic carbocycles. The van der Waals surface area contributed by atoms with Gasteiger partial charge in [0.05, 0.1) is 16.3 Å². The fourth-order valence-corrected chi connectivity index (χ4v) is 2.92. The fraction of sp³-hybridized carbons (Fsp3) is 0.158. The van der Waals surface area contributed by atoms with Crippen molar-refractivity contribution >= 4 is 39.1 Å². The molecular weight excluding hydrogens is 456 g/mol. The molecule has 0 spiro atoms. The van der Waals surface area contributed by atoms with Crippen LogP contribution in [0.25, 0.3) is 5.69 Å². The molecule has 2 amide bonds. The van der Waals surface area contributed by atoms with Crippen LogP contribution in [0.15, 0.2) is 53.0 Å². The van der Waals surface area contributed by atoms with Gasteiger partial charge in [0.25, 0.3) is 11.6 Å². The summed E-state index contributed by atoms with van der Waals surface area (Å²) in [5, 5.41) is 24.1. The van der Waals surface area contributed by atoms with Crippen LogP contribution in [-0.2, 0) is 4.79 Å². The summed E-state index contributed by atoms with van der Waals surface area (Å²) in [6.07, 6.45) is 0.0832. The molecule has 0 aliphatic heterocycles. The maximum absolute atomic E-state index is 12.4. The zero-order valence-corrected chi connectivity index (χ0v) is 17.4. The second kappa shape index (κ2) is 9.27. The molecule has 154 valence electrons. The molecule has 1 aromatic heterocycles. The minimum Gasteiger partial charge on any atom is -0.350 e. The van der Waals surface area contributed by atoms with Crippen molar-refractivity contribution in [3.63, 3.8) is 0 Å². The highest BCUT2D eigenvalue weighted by Crippen LogP contribution is 2.18. The van der Waals surface area contributed by atoms with Crippen LogP contribution in [0, 0.1) is 17.0 Å². The molecule has 0 radical (unpaired) electrons. The Bertz CT molecular complexity index is 1100. The first-order valence-electron chi connectivity index (χ1n) is 8.86. The van der Waals surface area contributed by atoms with Crippen LogP contribution in [-0.4, -0.2) is 38.3 Å². The van der Waals surface area contributed by atoms with Crippen molar-refractivity contribution in [2.45, 2.75) is 13.3 Å². The molecule has 3 rings (SSSR count). The van der Waals surface area contributed by atoms with E-state index in [4.69, 9.17) is 0 Å². The van der Waals surface area contributed by atoms with Crippen LogP contribution in [0.1, 0.15) is 22.6 Å². The van der Waals surface area contributed by atoms with Gasteiger partial charge in [-0.15, -0.1) is 5.10 Å². The van der Waals surface area contributed by atoms with Crippen LogP contribution in [0.5, 0.6) is 0 Å². The van der Waals surface area contributed by atoms with Crippen molar-refractivity contribution in [1.82, 2.24) is 20.3 Å². The number of aromatic nitrogens is 3. The second-order valence-electron chi connectivity index (χ2n) is 6.27. The van der Waals surface area contributed by atoms with Gasteiger partial charge >= 0.3 is 0 Å². The monoisotopic (exact) mass is 472 g/mol. The Hall–Kier alpha value is -3.60. The lowest BCUT2D eigenvalue weighted by molar-refractivity contribution is -0.384. The van der Waals surface area contributed by atoms with Gasteiger partial charge < -0.3 is 10.6 Å². The number of halogens is 1. The smallest absolute Gasteiger partial charge is 0.273 e. The molecule has 1 heterocycles. The average molecular weight is 473 g/mol. The number of nitrogens with zero attached hydrogens (tertiary/aromatic N) is 4. The molecule has 0 bridgehead atoms. The second-order valence-corrected chi connectivity index (χ2v) is 7.19. The molecule has 0 aliphatic rings. The fourth-order valence-electron chi connectivity index (χ4n) is 2.65.